The van der Waals surface area contributed by atoms with Crippen molar-refractivity contribution in [1.82, 2.24) is 4.90 Å². The number of phenolic OH excluding ortho intramolecular Hbond substituents is 1. The average Bonchev–Trinajstić information content (AvgIpc) is 3.24. The zero-order valence-electron chi connectivity index (χ0n) is 16.7. The van der Waals surface area contributed by atoms with E-state index in [1.807, 2.05) is 72.8 Å². The van der Waals surface area contributed by atoms with E-state index in [2.05, 4.69) is 4.90 Å². The molecular weight excluding hydrogens is 362 g/mol. The summed E-state index contributed by atoms with van der Waals surface area (Å²) in [6.07, 6.45) is 1.89. The highest BCUT2D eigenvalue weighted by Gasteiger charge is 2.45. The van der Waals surface area contributed by atoms with E-state index in [-0.39, 0.29) is 11.8 Å². The first-order valence-electron chi connectivity index (χ1n) is 10.1. The van der Waals surface area contributed by atoms with Crippen LogP contribution in [0.25, 0.3) is 0 Å². The molecule has 1 heterocycles. The van der Waals surface area contributed by atoms with Crippen LogP contribution in [0.3, 0.4) is 0 Å². The van der Waals surface area contributed by atoms with Crippen LogP contribution in [0.5, 0.6) is 11.5 Å². The summed E-state index contributed by atoms with van der Waals surface area (Å²) in [6, 6.07) is 25.1. The van der Waals surface area contributed by atoms with Crippen LogP contribution in [0.2, 0.25) is 0 Å². The lowest BCUT2D eigenvalue weighted by Gasteiger charge is -2.40. The van der Waals surface area contributed by atoms with Gasteiger partial charge in [-0.25, -0.2) is 0 Å². The largest absolute Gasteiger partial charge is 0.507 e. The second-order valence-corrected chi connectivity index (χ2v) is 7.62. The number of nitrogens with zero attached hydrogens (tertiary/aromatic N) is 1. The number of hydrogen-bond acceptors (Lipinski definition) is 4. The Balaban J connectivity index is 1.71. The summed E-state index contributed by atoms with van der Waals surface area (Å²) in [5.74, 6) is 0.854. The number of rotatable bonds is 6. The third-order valence-corrected chi connectivity index (χ3v) is 5.94. The lowest BCUT2D eigenvalue weighted by atomic mass is 9.79. The molecule has 1 aliphatic rings. The fourth-order valence-electron chi connectivity index (χ4n) is 4.45. The Morgan fingerprint density at radius 3 is 2.14 bits per heavy atom. The summed E-state index contributed by atoms with van der Waals surface area (Å²) in [5.41, 5.74) is 1.49. The molecular formula is C25H27NO3. The van der Waals surface area contributed by atoms with Crippen LogP contribution < -0.4 is 4.74 Å². The van der Waals surface area contributed by atoms with E-state index >= 15 is 0 Å². The molecule has 0 spiro atoms. The minimum Gasteiger partial charge on any atom is -0.507 e. The first-order valence-corrected chi connectivity index (χ1v) is 10.1. The van der Waals surface area contributed by atoms with Crippen molar-refractivity contribution in [3.8, 4) is 11.5 Å². The van der Waals surface area contributed by atoms with Crippen LogP contribution in [0, 0.1) is 0 Å². The molecule has 1 aliphatic heterocycles. The highest BCUT2D eigenvalue weighted by atomic mass is 16.5. The molecule has 4 nitrogen and oxygen atoms in total. The monoisotopic (exact) mass is 389 g/mol. The highest BCUT2D eigenvalue weighted by molar-refractivity contribution is 5.41. The van der Waals surface area contributed by atoms with Gasteiger partial charge in [0, 0.05) is 24.2 Å². The lowest BCUT2D eigenvalue weighted by Crippen LogP contribution is -2.48. The molecule has 150 valence electrons. The lowest BCUT2D eigenvalue weighted by molar-refractivity contribution is -0.00672. The standard InChI is InChI=1S/C25H27NO3/c1-29-22-15-14-19(23(27)17-22)18-26-16-8-13-24(26)25(28,20-9-4-2-5-10-20)21-11-6-3-7-12-21/h2-7,9-12,14-15,17,24,27-28H,8,13,16,18H2,1H3/t24-/m0/s1. The molecule has 4 rings (SSSR count). The number of aliphatic hydroxyl groups is 1. The van der Waals surface area contributed by atoms with Crippen molar-refractivity contribution in [2.24, 2.45) is 0 Å². The molecule has 1 saturated heterocycles. The number of benzene rings is 3. The van der Waals surface area contributed by atoms with Gasteiger partial charge in [-0.1, -0.05) is 66.7 Å². The summed E-state index contributed by atoms with van der Waals surface area (Å²) in [5, 5.41) is 22.6. The quantitative estimate of drug-likeness (QED) is 0.660. The molecule has 1 fully saturated rings. The molecule has 1 atom stereocenters. The van der Waals surface area contributed by atoms with Gasteiger partial charge < -0.3 is 14.9 Å². The third-order valence-electron chi connectivity index (χ3n) is 5.94. The van der Waals surface area contributed by atoms with Crippen molar-refractivity contribution in [3.63, 3.8) is 0 Å². The van der Waals surface area contributed by atoms with Gasteiger partial charge in [0.15, 0.2) is 0 Å². The smallest absolute Gasteiger partial charge is 0.130 e. The van der Waals surface area contributed by atoms with Gasteiger partial charge in [0.25, 0.3) is 0 Å². The summed E-state index contributed by atoms with van der Waals surface area (Å²) in [7, 11) is 1.59. The zero-order valence-corrected chi connectivity index (χ0v) is 16.7. The molecule has 0 bridgehead atoms. The molecule has 0 amide bonds. The fourth-order valence-corrected chi connectivity index (χ4v) is 4.45. The number of ether oxygens (including phenoxy) is 1. The maximum Gasteiger partial charge on any atom is 0.130 e. The van der Waals surface area contributed by atoms with Crippen LogP contribution in [0.15, 0.2) is 78.9 Å². The second kappa shape index (κ2) is 8.27. The van der Waals surface area contributed by atoms with E-state index in [1.54, 1.807) is 13.2 Å². The van der Waals surface area contributed by atoms with E-state index in [4.69, 9.17) is 4.74 Å². The summed E-state index contributed by atoms with van der Waals surface area (Å²) >= 11 is 0. The van der Waals surface area contributed by atoms with Gasteiger partial charge in [-0.2, -0.15) is 0 Å². The van der Waals surface area contributed by atoms with Gasteiger partial charge in [-0.15, -0.1) is 0 Å². The third kappa shape index (κ3) is 3.74. The summed E-state index contributed by atoms with van der Waals surface area (Å²) in [6.45, 7) is 1.45. The minimum atomic E-state index is -1.12. The van der Waals surface area contributed by atoms with E-state index < -0.39 is 5.60 Å². The predicted octanol–water partition coefficient (Wildman–Crippen LogP) is 4.30. The molecule has 3 aromatic carbocycles. The van der Waals surface area contributed by atoms with E-state index in [9.17, 15) is 10.2 Å². The Bertz CT molecular complexity index is 903. The molecule has 3 aromatic rings. The first kappa shape index (κ1) is 19.5. The van der Waals surface area contributed by atoms with Gasteiger partial charge >= 0.3 is 0 Å². The van der Waals surface area contributed by atoms with Crippen LogP contribution in [0.1, 0.15) is 29.5 Å². The van der Waals surface area contributed by atoms with Crippen molar-refractivity contribution < 1.29 is 14.9 Å². The topological polar surface area (TPSA) is 52.9 Å². The van der Waals surface area contributed by atoms with Gasteiger partial charge in [-0.3, -0.25) is 4.90 Å². The Kier molecular flexibility index (Phi) is 5.56. The maximum absolute atomic E-state index is 12.1. The van der Waals surface area contributed by atoms with E-state index in [0.29, 0.717) is 12.3 Å². The van der Waals surface area contributed by atoms with Gasteiger partial charge in [0.2, 0.25) is 0 Å². The second-order valence-electron chi connectivity index (χ2n) is 7.62. The minimum absolute atomic E-state index is 0.0891. The van der Waals surface area contributed by atoms with Gasteiger partial charge in [0.05, 0.1) is 7.11 Å². The molecule has 2 N–H and O–H groups in total. The molecule has 0 radical (unpaired) electrons. The van der Waals surface area contributed by atoms with Crippen molar-refractivity contribution in [3.05, 3.63) is 95.6 Å². The molecule has 0 aliphatic carbocycles. The molecule has 0 saturated carbocycles. The van der Waals surface area contributed by atoms with Crippen molar-refractivity contribution in [2.45, 2.75) is 31.0 Å². The first-order chi connectivity index (χ1) is 14.1. The number of hydrogen-bond donors (Lipinski definition) is 2. The average molecular weight is 389 g/mol. The highest BCUT2D eigenvalue weighted by Crippen LogP contribution is 2.41. The molecule has 0 unspecified atom stereocenters. The number of aromatic hydroxyl groups is 1. The Hall–Kier alpha value is -2.82. The Morgan fingerprint density at radius 2 is 1.59 bits per heavy atom. The maximum atomic E-state index is 12.1. The number of likely N-dealkylation sites (tertiary alicyclic amines) is 1. The Labute approximate surface area is 172 Å². The van der Waals surface area contributed by atoms with Crippen LogP contribution in [-0.2, 0) is 12.1 Å². The van der Waals surface area contributed by atoms with Crippen LogP contribution in [0.4, 0.5) is 0 Å². The van der Waals surface area contributed by atoms with Crippen molar-refractivity contribution >= 4 is 0 Å². The molecule has 4 heteroatoms. The fraction of sp³-hybridized carbons (Fsp3) is 0.280. The zero-order chi connectivity index (χ0) is 20.3. The number of methoxy groups -OCH3 is 1. The summed E-state index contributed by atoms with van der Waals surface area (Å²) in [4.78, 5) is 2.28. The number of phenols is 1. The van der Waals surface area contributed by atoms with Gasteiger partial charge in [0.1, 0.15) is 17.1 Å². The van der Waals surface area contributed by atoms with Crippen molar-refractivity contribution in [2.75, 3.05) is 13.7 Å². The predicted molar refractivity (Wildman–Crippen MR) is 114 cm³/mol. The van der Waals surface area contributed by atoms with Gasteiger partial charge in [-0.05, 0) is 36.6 Å². The van der Waals surface area contributed by atoms with Crippen molar-refractivity contribution in [1.29, 1.82) is 0 Å². The van der Waals surface area contributed by atoms with Crippen LogP contribution in [-0.4, -0.2) is 34.8 Å². The molecule has 0 aromatic heterocycles. The normalized spacial score (nSPS) is 17.4. The molecule has 29 heavy (non-hydrogen) atoms. The van der Waals surface area contributed by atoms with E-state index in [1.165, 1.54) is 0 Å². The van der Waals surface area contributed by atoms with Crippen LogP contribution >= 0.6 is 0 Å². The van der Waals surface area contributed by atoms with E-state index in [0.717, 1.165) is 36.1 Å². The Morgan fingerprint density at radius 1 is 0.966 bits per heavy atom. The summed E-state index contributed by atoms with van der Waals surface area (Å²) < 4.78 is 5.20. The SMILES string of the molecule is COc1ccc(CN2CCC[C@H]2C(O)(c2ccccc2)c2ccccc2)c(O)c1.